The molecule has 17 heavy (non-hydrogen) atoms. The highest BCUT2D eigenvalue weighted by molar-refractivity contribution is 5.31. The number of hydrogen-bond acceptors (Lipinski definition) is 4. The van der Waals surface area contributed by atoms with Crippen molar-refractivity contribution in [3.05, 3.63) is 17.6 Å². The van der Waals surface area contributed by atoms with Crippen LogP contribution in [0.1, 0.15) is 50.5 Å². The SMILES string of the molecule is CCCc1cc(N)nc(C2(OC)CCCC2)n1. The fourth-order valence-corrected chi connectivity index (χ4v) is 2.57. The van der Waals surface area contributed by atoms with E-state index in [2.05, 4.69) is 16.9 Å². The van der Waals surface area contributed by atoms with Crippen LogP contribution in [0.5, 0.6) is 0 Å². The van der Waals surface area contributed by atoms with Gasteiger partial charge in [0.2, 0.25) is 0 Å². The molecule has 1 aliphatic rings. The maximum atomic E-state index is 5.86. The summed E-state index contributed by atoms with van der Waals surface area (Å²) in [5.74, 6) is 1.34. The molecule has 0 aliphatic heterocycles. The zero-order valence-corrected chi connectivity index (χ0v) is 10.7. The van der Waals surface area contributed by atoms with E-state index in [1.54, 1.807) is 7.11 Å². The number of nitrogen functional groups attached to an aromatic ring is 1. The summed E-state index contributed by atoms with van der Waals surface area (Å²) in [7, 11) is 1.75. The number of aromatic nitrogens is 2. The smallest absolute Gasteiger partial charge is 0.162 e. The number of rotatable bonds is 4. The largest absolute Gasteiger partial charge is 0.384 e. The van der Waals surface area contributed by atoms with Gasteiger partial charge in [0.05, 0.1) is 0 Å². The number of nitrogens with two attached hydrogens (primary N) is 1. The van der Waals surface area contributed by atoms with Crippen LogP contribution < -0.4 is 5.73 Å². The number of anilines is 1. The quantitative estimate of drug-likeness (QED) is 0.870. The Hall–Kier alpha value is -1.16. The Labute approximate surface area is 103 Å². The molecule has 0 bridgehead atoms. The highest BCUT2D eigenvalue weighted by Crippen LogP contribution is 2.40. The molecule has 2 N–H and O–H groups in total. The maximum Gasteiger partial charge on any atom is 0.162 e. The lowest BCUT2D eigenvalue weighted by atomic mass is 10.0. The third kappa shape index (κ3) is 2.41. The fraction of sp³-hybridized carbons (Fsp3) is 0.692. The molecule has 4 heteroatoms. The minimum atomic E-state index is -0.294. The van der Waals surface area contributed by atoms with Gasteiger partial charge in [0.25, 0.3) is 0 Å². The minimum absolute atomic E-state index is 0.294. The molecule has 4 nitrogen and oxygen atoms in total. The van der Waals surface area contributed by atoms with Gasteiger partial charge in [-0.1, -0.05) is 13.3 Å². The second kappa shape index (κ2) is 5.00. The van der Waals surface area contributed by atoms with E-state index >= 15 is 0 Å². The van der Waals surface area contributed by atoms with Crippen LogP contribution >= 0.6 is 0 Å². The van der Waals surface area contributed by atoms with E-state index in [1.807, 2.05) is 6.07 Å². The first kappa shape index (κ1) is 12.3. The average Bonchev–Trinajstić information content (AvgIpc) is 2.78. The predicted molar refractivity (Wildman–Crippen MR) is 67.6 cm³/mol. The van der Waals surface area contributed by atoms with Gasteiger partial charge >= 0.3 is 0 Å². The van der Waals surface area contributed by atoms with Crippen molar-refractivity contribution in [1.29, 1.82) is 0 Å². The van der Waals surface area contributed by atoms with E-state index in [0.29, 0.717) is 5.82 Å². The second-order valence-electron chi connectivity index (χ2n) is 4.76. The summed E-state index contributed by atoms with van der Waals surface area (Å²) in [6.45, 7) is 2.14. The zero-order valence-electron chi connectivity index (χ0n) is 10.7. The van der Waals surface area contributed by atoms with Crippen LogP contribution in [0.2, 0.25) is 0 Å². The van der Waals surface area contributed by atoms with Crippen LogP contribution in [0.15, 0.2) is 6.07 Å². The molecule has 1 aromatic heterocycles. The number of ether oxygens (including phenoxy) is 1. The van der Waals surface area contributed by atoms with Crippen LogP contribution in [0.4, 0.5) is 5.82 Å². The lowest BCUT2D eigenvalue weighted by Crippen LogP contribution is -2.28. The summed E-state index contributed by atoms with van der Waals surface area (Å²) in [4.78, 5) is 9.01. The molecule has 1 heterocycles. The standard InChI is InChI=1S/C13H21N3O/c1-3-6-10-9-11(14)16-12(15-10)13(17-2)7-4-5-8-13/h9H,3-8H2,1-2H3,(H2,14,15,16). The van der Waals surface area contributed by atoms with Gasteiger partial charge in [-0.3, -0.25) is 0 Å². The molecule has 0 saturated heterocycles. The Morgan fingerprint density at radius 1 is 1.35 bits per heavy atom. The highest BCUT2D eigenvalue weighted by atomic mass is 16.5. The van der Waals surface area contributed by atoms with Gasteiger partial charge in [-0.2, -0.15) is 0 Å². The van der Waals surface area contributed by atoms with Crippen molar-refractivity contribution < 1.29 is 4.74 Å². The van der Waals surface area contributed by atoms with Gasteiger partial charge in [0.1, 0.15) is 11.4 Å². The van der Waals surface area contributed by atoms with Gasteiger partial charge in [-0.15, -0.1) is 0 Å². The Bertz CT molecular complexity index is 386. The third-order valence-corrected chi connectivity index (χ3v) is 3.51. The van der Waals surface area contributed by atoms with Crippen LogP contribution in [0, 0.1) is 0 Å². The van der Waals surface area contributed by atoms with Crippen molar-refractivity contribution >= 4 is 5.82 Å². The first-order chi connectivity index (χ1) is 8.20. The van der Waals surface area contributed by atoms with Crippen molar-refractivity contribution in [2.75, 3.05) is 12.8 Å². The number of methoxy groups -OCH3 is 1. The Balaban J connectivity index is 2.36. The first-order valence-electron chi connectivity index (χ1n) is 6.39. The Morgan fingerprint density at radius 3 is 2.65 bits per heavy atom. The van der Waals surface area contributed by atoms with Gasteiger partial charge in [-0.05, 0) is 32.1 Å². The van der Waals surface area contributed by atoms with E-state index < -0.39 is 0 Å². The van der Waals surface area contributed by atoms with Gasteiger partial charge in [0, 0.05) is 18.9 Å². The fourth-order valence-electron chi connectivity index (χ4n) is 2.57. The summed E-state index contributed by atoms with van der Waals surface area (Å²) in [6, 6.07) is 1.87. The van der Waals surface area contributed by atoms with Gasteiger partial charge in [0.15, 0.2) is 5.82 Å². The molecular weight excluding hydrogens is 214 g/mol. The van der Waals surface area contributed by atoms with Crippen molar-refractivity contribution in [2.24, 2.45) is 0 Å². The normalized spacial score (nSPS) is 18.5. The molecule has 1 saturated carbocycles. The summed E-state index contributed by atoms with van der Waals surface area (Å²) in [6.07, 6.45) is 6.36. The second-order valence-corrected chi connectivity index (χ2v) is 4.76. The van der Waals surface area contributed by atoms with Gasteiger partial charge < -0.3 is 10.5 Å². The molecular formula is C13H21N3O. The molecule has 0 spiro atoms. The van der Waals surface area contributed by atoms with Crippen molar-refractivity contribution in [2.45, 2.75) is 51.0 Å². The summed E-state index contributed by atoms with van der Waals surface area (Å²) in [5, 5.41) is 0. The maximum absolute atomic E-state index is 5.86. The number of hydrogen-bond donors (Lipinski definition) is 1. The van der Waals surface area contributed by atoms with Crippen LogP contribution in [-0.4, -0.2) is 17.1 Å². The summed E-state index contributed by atoms with van der Waals surface area (Å²) < 4.78 is 5.69. The minimum Gasteiger partial charge on any atom is -0.384 e. The Kier molecular flexibility index (Phi) is 3.62. The van der Waals surface area contributed by atoms with E-state index in [4.69, 9.17) is 10.5 Å². The topological polar surface area (TPSA) is 61.0 Å². The van der Waals surface area contributed by atoms with E-state index in [0.717, 1.165) is 37.2 Å². The van der Waals surface area contributed by atoms with E-state index in [1.165, 1.54) is 12.8 Å². The van der Waals surface area contributed by atoms with E-state index in [9.17, 15) is 0 Å². The lowest BCUT2D eigenvalue weighted by Gasteiger charge is -2.26. The summed E-state index contributed by atoms with van der Waals surface area (Å²) >= 11 is 0. The predicted octanol–water partition coefficient (Wildman–Crippen LogP) is 2.43. The Morgan fingerprint density at radius 2 is 2.06 bits per heavy atom. The molecule has 1 aromatic rings. The van der Waals surface area contributed by atoms with Gasteiger partial charge in [-0.25, -0.2) is 9.97 Å². The monoisotopic (exact) mass is 235 g/mol. The van der Waals surface area contributed by atoms with Crippen LogP contribution in [0.25, 0.3) is 0 Å². The molecule has 0 aromatic carbocycles. The molecule has 0 unspecified atom stereocenters. The molecule has 1 fully saturated rings. The highest BCUT2D eigenvalue weighted by Gasteiger charge is 2.38. The molecule has 1 aliphatic carbocycles. The third-order valence-electron chi connectivity index (χ3n) is 3.51. The zero-order chi connectivity index (χ0) is 12.3. The van der Waals surface area contributed by atoms with Crippen LogP contribution in [0.3, 0.4) is 0 Å². The molecule has 0 atom stereocenters. The summed E-state index contributed by atoms with van der Waals surface area (Å²) in [5.41, 5.74) is 6.60. The lowest BCUT2D eigenvalue weighted by molar-refractivity contribution is -0.0163. The average molecular weight is 235 g/mol. The van der Waals surface area contributed by atoms with Crippen molar-refractivity contribution in [3.63, 3.8) is 0 Å². The van der Waals surface area contributed by atoms with Crippen molar-refractivity contribution in [1.82, 2.24) is 9.97 Å². The molecule has 0 amide bonds. The number of nitrogens with zero attached hydrogens (tertiary/aromatic N) is 2. The first-order valence-corrected chi connectivity index (χ1v) is 6.39. The molecule has 94 valence electrons. The van der Waals surface area contributed by atoms with Crippen LogP contribution in [-0.2, 0) is 16.8 Å². The number of aryl methyl sites for hydroxylation is 1. The van der Waals surface area contributed by atoms with E-state index in [-0.39, 0.29) is 5.60 Å². The van der Waals surface area contributed by atoms with Crippen molar-refractivity contribution in [3.8, 4) is 0 Å². The molecule has 2 rings (SSSR count). The molecule has 0 radical (unpaired) electrons.